The molecule has 21 heavy (non-hydrogen) atoms. The fourth-order valence-corrected chi connectivity index (χ4v) is 3.27. The molecule has 1 aromatic heterocycles. The second-order valence-electron chi connectivity index (χ2n) is 4.47. The minimum atomic E-state index is 0. The third-order valence-corrected chi connectivity index (χ3v) is 4.45. The van der Waals surface area contributed by atoms with Crippen molar-refractivity contribution in [3.63, 3.8) is 0 Å². The first-order valence-electron chi connectivity index (χ1n) is 6.41. The van der Waals surface area contributed by atoms with Gasteiger partial charge in [-0.1, -0.05) is 29.8 Å². The smallest absolute Gasteiger partial charge is 0.191 e. The minimum Gasteiger partial charge on any atom is -0.352 e. The zero-order valence-electron chi connectivity index (χ0n) is 12.0. The van der Waals surface area contributed by atoms with Gasteiger partial charge >= 0.3 is 0 Å². The lowest BCUT2D eigenvalue weighted by molar-refractivity contribution is 0.815. The highest BCUT2D eigenvalue weighted by molar-refractivity contribution is 14.0. The first-order chi connectivity index (χ1) is 9.67. The Morgan fingerprint density at radius 2 is 1.95 bits per heavy atom. The summed E-state index contributed by atoms with van der Waals surface area (Å²) in [5, 5.41) is 6.63. The first kappa shape index (κ1) is 18.4. The third kappa shape index (κ3) is 6.36. The molecule has 1 aromatic carbocycles. The molecule has 2 aromatic rings. The monoisotopic (exact) mass is 479 g/mol. The molecule has 2 N–H and O–H groups in total. The number of halogens is 2. The summed E-state index contributed by atoms with van der Waals surface area (Å²) in [5.41, 5.74) is 2.53. The highest BCUT2D eigenvalue weighted by atomic mass is 127. The molecule has 3 nitrogen and oxygen atoms in total. The average molecular weight is 480 g/mol. The lowest BCUT2D eigenvalue weighted by Crippen LogP contribution is -2.36. The van der Waals surface area contributed by atoms with Crippen LogP contribution in [0.5, 0.6) is 0 Å². The second kappa shape index (κ2) is 9.42. The van der Waals surface area contributed by atoms with Gasteiger partial charge in [0.05, 0.1) is 10.3 Å². The van der Waals surface area contributed by atoms with Gasteiger partial charge in [-0.2, -0.15) is 0 Å². The minimum absolute atomic E-state index is 0. The topological polar surface area (TPSA) is 36.4 Å². The number of hydrogen-bond acceptors (Lipinski definition) is 2. The highest BCUT2D eigenvalue weighted by Gasteiger charge is 2.01. The van der Waals surface area contributed by atoms with Crippen molar-refractivity contribution < 1.29 is 0 Å². The van der Waals surface area contributed by atoms with Gasteiger partial charge in [0.15, 0.2) is 5.96 Å². The van der Waals surface area contributed by atoms with Crippen molar-refractivity contribution in [1.82, 2.24) is 10.6 Å². The van der Waals surface area contributed by atoms with Gasteiger partial charge in [0.25, 0.3) is 0 Å². The summed E-state index contributed by atoms with van der Waals surface area (Å²) >= 11 is 5.20. The molecule has 0 fully saturated rings. The van der Waals surface area contributed by atoms with Crippen molar-refractivity contribution >= 4 is 57.2 Å². The lowest BCUT2D eigenvalue weighted by Gasteiger charge is -2.11. The molecule has 0 saturated carbocycles. The van der Waals surface area contributed by atoms with Crippen molar-refractivity contribution in [3.05, 3.63) is 56.2 Å². The number of nitrogens with one attached hydrogen (secondary N) is 2. The molecule has 0 saturated heterocycles. The summed E-state index contributed by atoms with van der Waals surface area (Å²) in [5.74, 6) is 0.816. The van der Waals surface area contributed by atoms with Gasteiger partial charge in [-0.25, -0.2) is 0 Å². The first-order valence-corrected chi connectivity index (χ1v) is 8.02. The summed E-state index contributed by atoms with van der Waals surface area (Å²) in [6, 6.07) is 12.6. The fourth-order valence-electron chi connectivity index (χ4n) is 1.85. The maximum atomic E-state index is 4.23. The molecule has 0 bridgehead atoms. The normalized spacial score (nSPS) is 10.9. The van der Waals surface area contributed by atoms with Gasteiger partial charge in [-0.3, -0.25) is 4.99 Å². The molecule has 0 atom stereocenters. The molecule has 0 spiro atoms. The molecule has 0 amide bonds. The SMILES string of the molecule is CN=C(NCc1cccc(C)c1)NCc1ccc(Br)s1.I. The summed E-state index contributed by atoms with van der Waals surface area (Å²) in [6.07, 6.45) is 0. The van der Waals surface area contributed by atoms with Crippen LogP contribution in [-0.4, -0.2) is 13.0 Å². The second-order valence-corrected chi connectivity index (χ2v) is 7.02. The summed E-state index contributed by atoms with van der Waals surface area (Å²) in [4.78, 5) is 5.51. The average Bonchev–Trinajstić information content (AvgIpc) is 2.85. The van der Waals surface area contributed by atoms with Gasteiger partial charge in [0.2, 0.25) is 0 Å². The molecular weight excluding hydrogens is 461 g/mol. The van der Waals surface area contributed by atoms with Gasteiger partial charge in [-0.05, 0) is 40.5 Å². The summed E-state index contributed by atoms with van der Waals surface area (Å²) in [6.45, 7) is 3.66. The van der Waals surface area contributed by atoms with Crippen LogP contribution in [0.2, 0.25) is 0 Å². The zero-order chi connectivity index (χ0) is 14.4. The quantitative estimate of drug-likeness (QED) is 0.389. The zero-order valence-corrected chi connectivity index (χ0v) is 16.8. The Kier molecular flexibility index (Phi) is 8.28. The molecule has 0 radical (unpaired) electrons. The van der Waals surface area contributed by atoms with Crippen LogP contribution in [0.1, 0.15) is 16.0 Å². The Morgan fingerprint density at radius 1 is 1.19 bits per heavy atom. The number of aliphatic imine (C=N–C) groups is 1. The number of benzene rings is 1. The Labute approximate surface area is 155 Å². The van der Waals surface area contributed by atoms with Crippen LogP contribution in [-0.2, 0) is 13.1 Å². The van der Waals surface area contributed by atoms with E-state index in [0.717, 1.165) is 22.8 Å². The van der Waals surface area contributed by atoms with E-state index in [0.29, 0.717) is 0 Å². The van der Waals surface area contributed by atoms with Crippen LogP contribution in [0.25, 0.3) is 0 Å². The van der Waals surface area contributed by atoms with E-state index >= 15 is 0 Å². The number of hydrogen-bond donors (Lipinski definition) is 2. The number of guanidine groups is 1. The third-order valence-electron chi connectivity index (χ3n) is 2.82. The molecule has 6 heteroatoms. The summed E-state index contributed by atoms with van der Waals surface area (Å²) in [7, 11) is 1.79. The van der Waals surface area contributed by atoms with Gasteiger partial charge in [-0.15, -0.1) is 35.3 Å². The van der Waals surface area contributed by atoms with E-state index < -0.39 is 0 Å². The van der Waals surface area contributed by atoms with E-state index in [4.69, 9.17) is 0 Å². The van der Waals surface area contributed by atoms with Crippen LogP contribution in [0.4, 0.5) is 0 Å². The Hall–Kier alpha value is -0.600. The van der Waals surface area contributed by atoms with E-state index in [-0.39, 0.29) is 24.0 Å². The van der Waals surface area contributed by atoms with E-state index in [1.807, 2.05) is 0 Å². The van der Waals surface area contributed by atoms with Crippen LogP contribution >= 0.6 is 51.2 Å². The van der Waals surface area contributed by atoms with Gasteiger partial charge in [0.1, 0.15) is 0 Å². The number of nitrogens with zero attached hydrogens (tertiary/aromatic N) is 1. The number of thiophene rings is 1. The van der Waals surface area contributed by atoms with E-state index in [9.17, 15) is 0 Å². The Bertz CT molecular complexity index is 598. The molecule has 2 rings (SSSR count). The molecule has 114 valence electrons. The van der Waals surface area contributed by atoms with Crippen molar-refractivity contribution in [2.45, 2.75) is 20.0 Å². The standard InChI is InChI=1S/C15H18BrN3S.HI/c1-11-4-3-5-12(8-11)9-18-15(17-2)19-10-13-6-7-14(16)20-13;/h3-8H,9-10H2,1-2H3,(H2,17,18,19);1H. The molecular formula is C15H19BrIN3S. The maximum Gasteiger partial charge on any atom is 0.191 e. The number of rotatable bonds is 4. The molecule has 0 aliphatic carbocycles. The lowest BCUT2D eigenvalue weighted by atomic mass is 10.1. The van der Waals surface area contributed by atoms with Crippen LogP contribution in [0.3, 0.4) is 0 Å². The fraction of sp³-hybridized carbons (Fsp3) is 0.267. The van der Waals surface area contributed by atoms with E-state index in [1.54, 1.807) is 18.4 Å². The van der Waals surface area contributed by atoms with Crippen molar-refractivity contribution in [3.8, 4) is 0 Å². The van der Waals surface area contributed by atoms with Crippen LogP contribution in [0.15, 0.2) is 45.2 Å². The van der Waals surface area contributed by atoms with Crippen molar-refractivity contribution in [1.29, 1.82) is 0 Å². The highest BCUT2D eigenvalue weighted by Crippen LogP contribution is 2.21. The maximum absolute atomic E-state index is 4.23. The van der Waals surface area contributed by atoms with Crippen LogP contribution in [0, 0.1) is 6.92 Å². The van der Waals surface area contributed by atoms with E-state index in [1.165, 1.54) is 16.0 Å². The van der Waals surface area contributed by atoms with Crippen molar-refractivity contribution in [2.24, 2.45) is 4.99 Å². The van der Waals surface area contributed by atoms with Crippen molar-refractivity contribution in [2.75, 3.05) is 7.05 Å². The van der Waals surface area contributed by atoms with Gasteiger partial charge < -0.3 is 10.6 Å². The largest absolute Gasteiger partial charge is 0.352 e. The predicted octanol–water partition coefficient (Wildman–Crippen LogP) is 4.30. The van der Waals surface area contributed by atoms with E-state index in [2.05, 4.69) is 74.9 Å². The predicted molar refractivity (Wildman–Crippen MR) is 106 cm³/mol. The molecule has 0 aliphatic rings. The molecule has 0 unspecified atom stereocenters. The van der Waals surface area contributed by atoms with Gasteiger partial charge in [0, 0.05) is 18.5 Å². The van der Waals surface area contributed by atoms with Crippen LogP contribution < -0.4 is 10.6 Å². The molecule has 1 heterocycles. The number of aryl methyl sites for hydroxylation is 1. The summed E-state index contributed by atoms with van der Waals surface area (Å²) < 4.78 is 1.15. The Balaban J connectivity index is 0.00000220. The Morgan fingerprint density at radius 3 is 2.57 bits per heavy atom. The molecule has 0 aliphatic heterocycles.